The Bertz CT molecular complexity index is 443. The second-order valence-electron chi connectivity index (χ2n) is 5.63. The van der Waals surface area contributed by atoms with Gasteiger partial charge in [-0.05, 0) is 51.2 Å². The molecule has 6 heteroatoms. The minimum Gasteiger partial charge on any atom is -0.399 e. The second-order valence-corrected chi connectivity index (χ2v) is 5.63. The average molecular weight is 334 g/mol. The van der Waals surface area contributed by atoms with Gasteiger partial charge >= 0.3 is 0 Å². The van der Waals surface area contributed by atoms with Crippen molar-refractivity contribution in [2.45, 2.75) is 31.2 Å². The zero-order valence-electron chi connectivity index (χ0n) is 12.6. The van der Waals surface area contributed by atoms with E-state index in [2.05, 4.69) is 24.3 Å². The maximum Gasteiger partial charge on any atom is 0.251 e. The number of anilines is 1. The molecular weight excluding hydrogens is 309 g/mol. The van der Waals surface area contributed by atoms with Crippen LogP contribution >= 0.6 is 24.8 Å². The fourth-order valence-electron chi connectivity index (χ4n) is 2.80. The molecule has 0 atom stereocenters. The van der Waals surface area contributed by atoms with Crippen LogP contribution in [0.25, 0.3) is 0 Å². The lowest BCUT2D eigenvalue weighted by Gasteiger charge is -2.36. The molecular formula is C15H25Cl2N3O. The molecule has 1 amide bonds. The number of nitrogens with two attached hydrogens (primary N) is 1. The molecule has 0 spiro atoms. The summed E-state index contributed by atoms with van der Waals surface area (Å²) in [6.07, 6.45) is 4.80. The summed E-state index contributed by atoms with van der Waals surface area (Å²) in [5, 5.41) is 3.06. The molecule has 0 unspecified atom stereocenters. The monoisotopic (exact) mass is 333 g/mol. The summed E-state index contributed by atoms with van der Waals surface area (Å²) in [6, 6.07) is 7.04. The highest BCUT2D eigenvalue weighted by molar-refractivity contribution is 5.94. The predicted octanol–water partition coefficient (Wildman–Crippen LogP) is 2.72. The number of nitrogens with one attached hydrogen (secondary N) is 1. The number of carbonyl (C=O) groups excluding carboxylic acids is 1. The Morgan fingerprint density at radius 1 is 1.19 bits per heavy atom. The molecule has 1 aliphatic carbocycles. The summed E-state index contributed by atoms with van der Waals surface area (Å²) in [4.78, 5) is 14.4. The first-order valence-corrected chi connectivity index (χ1v) is 6.85. The number of halogens is 2. The highest BCUT2D eigenvalue weighted by atomic mass is 35.5. The molecule has 0 saturated heterocycles. The summed E-state index contributed by atoms with van der Waals surface area (Å²) < 4.78 is 0. The van der Waals surface area contributed by atoms with Gasteiger partial charge in [-0.15, -0.1) is 24.8 Å². The van der Waals surface area contributed by atoms with Gasteiger partial charge in [0.25, 0.3) is 5.91 Å². The van der Waals surface area contributed by atoms with E-state index in [0.717, 1.165) is 12.8 Å². The van der Waals surface area contributed by atoms with Gasteiger partial charge in [-0.2, -0.15) is 0 Å². The topological polar surface area (TPSA) is 58.4 Å². The van der Waals surface area contributed by atoms with Crippen LogP contribution in [0.5, 0.6) is 0 Å². The summed E-state index contributed by atoms with van der Waals surface area (Å²) in [5.41, 5.74) is 7.10. The van der Waals surface area contributed by atoms with Gasteiger partial charge in [0.2, 0.25) is 0 Å². The Morgan fingerprint density at radius 2 is 1.71 bits per heavy atom. The standard InChI is InChI=1S/C15H23N3O.2ClH/c1-18(2)15(9-3-4-10-15)11-17-14(19)12-5-7-13(16)8-6-12;;/h5-8H,3-4,9-11,16H2,1-2H3,(H,17,19);2*1H. The van der Waals surface area contributed by atoms with Crippen LogP contribution in [0.1, 0.15) is 36.0 Å². The number of amides is 1. The predicted molar refractivity (Wildman–Crippen MR) is 92.6 cm³/mol. The lowest BCUT2D eigenvalue weighted by molar-refractivity contribution is 0.0900. The molecule has 1 aromatic rings. The number of likely N-dealkylation sites (N-methyl/N-ethyl adjacent to an activating group) is 1. The molecule has 3 N–H and O–H groups in total. The normalized spacial score (nSPS) is 16.0. The number of nitrogens with zero attached hydrogens (tertiary/aromatic N) is 1. The van der Waals surface area contributed by atoms with Crippen LogP contribution in [-0.4, -0.2) is 37.0 Å². The molecule has 1 fully saturated rings. The maximum atomic E-state index is 12.1. The van der Waals surface area contributed by atoms with Crippen molar-refractivity contribution in [3.8, 4) is 0 Å². The van der Waals surface area contributed by atoms with Crippen LogP contribution in [-0.2, 0) is 0 Å². The lowest BCUT2D eigenvalue weighted by Crippen LogP contribution is -2.50. The summed E-state index contributed by atoms with van der Waals surface area (Å²) >= 11 is 0. The molecule has 120 valence electrons. The minimum absolute atomic E-state index is 0. The smallest absolute Gasteiger partial charge is 0.251 e. The van der Waals surface area contributed by atoms with E-state index in [1.54, 1.807) is 24.3 Å². The van der Waals surface area contributed by atoms with E-state index >= 15 is 0 Å². The summed E-state index contributed by atoms with van der Waals surface area (Å²) in [6.45, 7) is 0.712. The summed E-state index contributed by atoms with van der Waals surface area (Å²) in [7, 11) is 4.20. The quantitative estimate of drug-likeness (QED) is 0.833. The number of rotatable bonds is 4. The molecule has 0 radical (unpaired) electrons. The molecule has 2 rings (SSSR count). The van der Waals surface area contributed by atoms with E-state index in [1.807, 2.05) is 0 Å². The van der Waals surface area contributed by atoms with Crippen LogP contribution in [0.4, 0.5) is 5.69 Å². The van der Waals surface area contributed by atoms with Crippen molar-refractivity contribution in [2.75, 3.05) is 26.4 Å². The number of hydrogen-bond donors (Lipinski definition) is 2. The van der Waals surface area contributed by atoms with E-state index in [-0.39, 0.29) is 36.3 Å². The molecule has 0 aromatic heterocycles. The second kappa shape index (κ2) is 8.47. The Kier molecular flexibility index (Phi) is 8.08. The van der Waals surface area contributed by atoms with Crippen molar-refractivity contribution in [2.24, 2.45) is 0 Å². The first kappa shape index (κ1) is 20.0. The van der Waals surface area contributed by atoms with E-state index in [4.69, 9.17) is 5.73 Å². The maximum absolute atomic E-state index is 12.1. The highest BCUT2D eigenvalue weighted by Gasteiger charge is 2.36. The van der Waals surface area contributed by atoms with Gasteiger partial charge in [-0.1, -0.05) is 12.8 Å². The van der Waals surface area contributed by atoms with Crippen LogP contribution in [0.15, 0.2) is 24.3 Å². The van der Waals surface area contributed by atoms with E-state index < -0.39 is 0 Å². The van der Waals surface area contributed by atoms with Crippen LogP contribution in [0, 0.1) is 0 Å². The van der Waals surface area contributed by atoms with E-state index in [0.29, 0.717) is 17.8 Å². The van der Waals surface area contributed by atoms with Crippen LogP contribution in [0.3, 0.4) is 0 Å². The fourth-order valence-corrected chi connectivity index (χ4v) is 2.80. The van der Waals surface area contributed by atoms with Crippen molar-refractivity contribution in [1.29, 1.82) is 0 Å². The van der Waals surface area contributed by atoms with Crippen LogP contribution in [0.2, 0.25) is 0 Å². The molecule has 21 heavy (non-hydrogen) atoms. The number of nitrogen functional groups attached to an aromatic ring is 1. The molecule has 0 bridgehead atoms. The molecule has 0 heterocycles. The Hall–Kier alpha value is -0.970. The average Bonchev–Trinajstić information content (AvgIpc) is 2.87. The SMILES string of the molecule is CN(C)C1(CNC(=O)c2ccc(N)cc2)CCCC1.Cl.Cl. The molecule has 1 aromatic carbocycles. The van der Waals surface area contributed by atoms with E-state index in [9.17, 15) is 4.79 Å². The Morgan fingerprint density at radius 3 is 2.19 bits per heavy atom. The van der Waals surface area contributed by atoms with Gasteiger partial charge in [0.1, 0.15) is 0 Å². The third-order valence-corrected chi connectivity index (χ3v) is 4.23. The fraction of sp³-hybridized carbons (Fsp3) is 0.533. The first-order chi connectivity index (χ1) is 9.03. The number of benzene rings is 1. The lowest BCUT2D eigenvalue weighted by atomic mass is 9.96. The largest absolute Gasteiger partial charge is 0.399 e. The molecule has 4 nitrogen and oxygen atoms in total. The molecule has 1 saturated carbocycles. The zero-order valence-corrected chi connectivity index (χ0v) is 14.2. The minimum atomic E-state index is -0.0203. The van der Waals surface area contributed by atoms with Gasteiger partial charge < -0.3 is 16.0 Å². The Labute approximate surface area is 139 Å². The third-order valence-electron chi connectivity index (χ3n) is 4.23. The van der Waals surface area contributed by atoms with Crippen LogP contribution < -0.4 is 11.1 Å². The van der Waals surface area contributed by atoms with Crippen molar-refractivity contribution in [3.63, 3.8) is 0 Å². The third kappa shape index (κ3) is 4.77. The highest BCUT2D eigenvalue weighted by Crippen LogP contribution is 2.33. The summed E-state index contributed by atoms with van der Waals surface area (Å²) in [5.74, 6) is -0.0203. The van der Waals surface area contributed by atoms with E-state index in [1.165, 1.54) is 12.8 Å². The molecule has 0 aliphatic heterocycles. The number of carbonyl (C=O) groups is 1. The zero-order chi connectivity index (χ0) is 13.9. The van der Waals surface area contributed by atoms with Gasteiger partial charge in [0.05, 0.1) is 0 Å². The Balaban J connectivity index is 0.00000200. The molecule has 1 aliphatic rings. The van der Waals surface area contributed by atoms with Crippen molar-refractivity contribution >= 4 is 36.4 Å². The van der Waals surface area contributed by atoms with Gasteiger partial charge in [-0.25, -0.2) is 0 Å². The number of hydrogen-bond acceptors (Lipinski definition) is 3. The van der Waals surface area contributed by atoms with Crippen molar-refractivity contribution in [3.05, 3.63) is 29.8 Å². The van der Waals surface area contributed by atoms with Gasteiger partial charge in [-0.3, -0.25) is 4.79 Å². The van der Waals surface area contributed by atoms with Gasteiger partial charge in [0.15, 0.2) is 0 Å². The van der Waals surface area contributed by atoms with Crippen molar-refractivity contribution < 1.29 is 4.79 Å². The van der Waals surface area contributed by atoms with Gasteiger partial charge in [0, 0.05) is 23.3 Å². The van der Waals surface area contributed by atoms with Crippen molar-refractivity contribution in [1.82, 2.24) is 10.2 Å². The first-order valence-electron chi connectivity index (χ1n) is 6.85.